The zero-order valence-electron chi connectivity index (χ0n) is 15.9. The summed E-state index contributed by atoms with van der Waals surface area (Å²) in [6.07, 6.45) is 15.9. The summed E-state index contributed by atoms with van der Waals surface area (Å²) in [4.78, 5) is 0. The molecule has 2 heteroatoms. The summed E-state index contributed by atoms with van der Waals surface area (Å²) < 4.78 is 5.90. The topological polar surface area (TPSA) is 29.5 Å². The Balaban J connectivity index is 2.32. The van der Waals surface area contributed by atoms with E-state index in [9.17, 15) is 5.11 Å². The first-order chi connectivity index (χ1) is 11.8. The van der Waals surface area contributed by atoms with E-state index in [-0.39, 0.29) is 5.75 Å². The zero-order chi connectivity index (χ0) is 17.5. The lowest BCUT2D eigenvalue weighted by atomic mass is 9.95. The van der Waals surface area contributed by atoms with Crippen molar-refractivity contribution in [2.75, 3.05) is 6.61 Å². The highest BCUT2D eigenvalue weighted by molar-refractivity contribution is 5.37. The molecule has 1 rings (SSSR count). The molecule has 0 aromatic heterocycles. The molecule has 0 amide bonds. The molecule has 0 fully saturated rings. The van der Waals surface area contributed by atoms with Crippen molar-refractivity contribution in [2.24, 2.45) is 5.92 Å². The normalized spacial score (nSPS) is 12.2. The number of ether oxygens (including phenoxy) is 1. The lowest BCUT2D eigenvalue weighted by molar-refractivity contribution is 0.217. The van der Waals surface area contributed by atoms with Crippen molar-refractivity contribution in [3.63, 3.8) is 0 Å². The third-order valence-electron chi connectivity index (χ3n) is 4.77. The van der Waals surface area contributed by atoms with Crippen LogP contribution < -0.4 is 4.74 Å². The molecule has 0 heterocycles. The molecule has 0 saturated heterocycles. The Kier molecular flexibility index (Phi) is 12.3. The van der Waals surface area contributed by atoms with Crippen LogP contribution in [0.15, 0.2) is 24.3 Å². The van der Waals surface area contributed by atoms with Crippen molar-refractivity contribution in [1.29, 1.82) is 0 Å². The maximum absolute atomic E-state index is 9.84. The van der Waals surface area contributed by atoms with Gasteiger partial charge in [-0.25, -0.2) is 0 Å². The second-order valence-electron chi connectivity index (χ2n) is 7.05. The van der Waals surface area contributed by atoms with Gasteiger partial charge in [0, 0.05) is 0 Å². The van der Waals surface area contributed by atoms with Crippen LogP contribution in [0.1, 0.15) is 90.9 Å². The number of para-hydroxylation sites is 2. The van der Waals surface area contributed by atoms with Gasteiger partial charge in [0.15, 0.2) is 11.5 Å². The summed E-state index contributed by atoms with van der Waals surface area (Å²) in [5.41, 5.74) is 0. The molecule has 0 saturated carbocycles. The van der Waals surface area contributed by atoms with Crippen LogP contribution in [0.5, 0.6) is 11.5 Å². The van der Waals surface area contributed by atoms with Gasteiger partial charge in [0.05, 0.1) is 6.61 Å². The van der Waals surface area contributed by atoms with Gasteiger partial charge in [-0.2, -0.15) is 0 Å². The maximum atomic E-state index is 9.84. The van der Waals surface area contributed by atoms with Crippen LogP contribution >= 0.6 is 0 Å². The predicted octanol–water partition coefficient (Wildman–Crippen LogP) is 7.11. The maximum Gasteiger partial charge on any atom is 0.160 e. The Hall–Kier alpha value is -1.18. The molecule has 0 aliphatic rings. The number of rotatable bonds is 15. The Morgan fingerprint density at radius 3 is 1.96 bits per heavy atom. The van der Waals surface area contributed by atoms with Gasteiger partial charge in [0.2, 0.25) is 0 Å². The molecular formula is C22H38O2. The second-order valence-corrected chi connectivity index (χ2v) is 7.05. The molecule has 0 aliphatic carbocycles. The summed E-state index contributed by atoms with van der Waals surface area (Å²) in [5.74, 6) is 1.49. The third-order valence-corrected chi connectivity index (χ3v) is 4.77. The summed E-state index contributed by atoms with van der Waals surface area (Å²) >= 11 is 0. The van der Waals surface area contributed by atoms with E-state index in [1.807, 2.05) is 18.2 Å². The number of hydrogen-bond donors (Lipinski definition) is 1. The minimum Gasteiger partial charge on any atom is -0.504 e. The van der Waals surface area contributed by atoms with Gasteiger partial charge in [0.1, 0.15) is 0 Å². The molecule has 1 aromatic carbocycles. The average molecular weight is 335 g/mol. The Bertz CT molecular complexity index is 403. The average Bonchev–Trinajstić information content (AvgIpc) is 2.60. The summed E-state index contributed by atoms with van der Waals surface area (Å²) in [5, 5.41) is 9.84. The van der Waals surface area contributed by atoms with Gasteiger partial charge >= 0.3 is 0 Å². The van der Waals surface area contributed by atoms with Gasteiger partial charge in [-0.05, 0) is 30.9 Å². The van der Waals surface area contributed by atoms with Gasteiger partial charge in [-0.3, -0.25) is 0 Å². The molecule has 24 heavy (non-hydrogen) atoms. The second kappa shape index (κ2) is 14.2. The van der Waals surface area contributed by atoms with Gasteiger partial charge < -0.3 is 9.84 Å². The van der Waals surface area contributed by atoms with Crippen LogP contribution in [0.25, 0.3) is 0 Å². The molecule has 0 radical (unpaired) electrons. The van der Waals surface area contributed by atoms with Crippen molar-refractivity contribution < 1.29 is 9.84 Å². The third kappa shape index (κ3) is 9.85. The quantitative estimate of drug-likeness (QED) is 0.346. The van der Waals surface area contributed by atoms with E-state index >= 15 is 0 Å². The van der Waals surface area contributed by atoms with E-state index in [4.69, 9.17) is 4.74 Å². The highest BCUT2D eigenvalue weighted by Crippen LogP contribution is 2.26. The van der Waals surface area contributed by atoms with Gasteiger partial charge in [-0.15, -0.1) is 0 Å². The fraction of sp³-hybridized carbons (Fsp3) is 0.727. The smallest absolute Gasteiger partial charge is 0.160 e. The van der Waals surface area contributed by atoms with E-state index in [2.05, 4.69) is 13.8 Å². The number of aromatic hydroxyl groups is 1. The standard InChI is InChI=1S/C22H38O2/c1-3-5-7-9-10-12-16-20(15-11-8-6-4-2)19-24-22-18-14-13-17-21(22)23/h13-14,17-18,20,23H,3-12,15-16,19H2,1-2H3. The minimum atomic E-state index is 0.252. The minimum absolute atomic E-state index is 0.252. The monoisotopic (exact) mass is 334 g/mol. The number of phenols is 1. The van der Waals surface area contributed by atoms with E-state index in [0.717, 1.165) is 6.61 Å². The van der Waals surface area contributed by atoms with Gasteiger partial charge in [0.25, 0.3) is 0 Å². The summed E-state index contributed by atoms with van der Waals surface area (Å²) in [7, 11) is 0. The van der Waals surface area contributed by atoms with Crippen molar-refractivity contribution in [3.8, 4) is 11.5 Å². The molecule has 1 atom stereocenters. The van der Waals surface area contributed by atoms with E-state index < -0.39 is 0 Å². The molecule has 1 N–H and O–H groups in total. The Morgan fingerprint density at radius 1 is 0.792 bits per heavy atom. The Labute approximate surface area is 149 Å². The van der Waals surface area contributed by atoms with Crippen LogP contribution in [0.4, 0.5) is 0 Å². The molecule has 1 aromatic rings. The van der Waals surface area contributed by atoms with Crippen LogP contribution in [0, 0.1) is 5.92 Å². The number of phenolic OH excluding ortho intramolecular Hbond substituents is 1. The molecule has 138 valence electrons. The van der Waals surface area contributed by atoms with Gasteiger partial charge in [-0.1, -0.05) is 90.2 Å². The van der Waals surface area contributed by atoms with Crippen LogP contribution in [0.2, 0.25) is 0 Å². The summed E-state index contributed by atoms with van der Waals surface area (Å²) in [6, 6.07) is 7.30. The van der Waals surface area contributed by atoms with Crippen molar-refractivity contribution >= 4 is 0 Å². The lowest BCUT2D eigenvalue weighted by Crippen LogP contribution is -2.12. The molecule has 0 aliphatic heterocycles. The fourth-order valence-corrected chi connectivity index (χ4v) is 3.17. The van der Waals surface area contributed by atoms with Crippen molar-refractivity contribution in [2.45, 2.75) is 90.9 Å². The predicted molar refractivity (Wildman–Crippen MR) is 104 cm³/mol. The molecule has 0 spiro atoms. The van der Waals surface area contributed by atoms with Crippen LogP contribution in [-0.4, -0.2) is 11.7 Å². The highest BCUT2D eigenvalue weighted by Gasteiger charge is 2.11. The highest BCUT2D eigenvalue weighted by atomic mass is 16.5. The Morgan fingerprint density at radius 2 is 1.33 bits per heavy atom. The van der Waals surface area contributed by atoms with E-state index in [1.54, 1.807) is 6.07 Å². The van der Waals surface area contributed by atoms with Crippen LogP contribution in [0.3, 0.4) is 0 Å². The molecule has 0 bridgehead atoms. The fourth-order valence-electron chi connectivity index (χ4n) is 3.17. The van der Waals surface area contributed by atoms with Crippen molar-refractivity contribution in [1.82, 2.24) is 0 Å². The first-order valence-electron chi connectivity index (χ1n) is 10.2. The summed E-state index contributed by atoms with van der Waals surface area (Å²) in [6.45, 7) is 5.26. The zero-order valence-corrected chi connectivity index (χ0v) is 15.9. The van der Waals surface area contributed by atoms with E-state index in [0.29, 0.717) is 11.7 Å². The first kappa shape index (κ1) is 20.9. The number of benzene rings is 1. The van der Waals surface area contributed by atoms with E-state index in [1.165, 1.54) is 77.0 Å². The lowest BCUT2D eigenvalue weighted by Gasteiger charge is -2.18. The van der Waals surface area contributed by atoms with Crippen LogP contribution in [-0.2, 0) is 0 Å². The largest absolute Gasteiger partial charge is 0.504 e. The molecule has 2 nitrogen and oxygen atoms in total. The SMILES string of the molecule is CCCCCCCCC(CCCCCC)COc1ccccc1O. The molecule has 1 unspecified atom stereocenters. The number of hydrogen-bond acceptors (Lipinski definition) is 2. The number of unbranched alkanes of at least 4 members (excludes halogenated alkanes) is 8. The molecular weight excluding hydrogens is 296 g/mol. The first-order valence-corrected chi connectivity index (χ1v) is 10.2. The van der Waals surface area contributed by atoms with Crippen molar-refractivity contribution in [3.05, 3.63) is 24.3 Å².